The van der Waals surface area contributed by atoms with Crippen molar-refractivity contribution in [1.82, 2.24) is 25.4 Å². The number of thiophene rings is 1. The van der Waals surface area contributed by atoms with Crippen molar-refractivity contribution >= 4 is 23.2 Å². The molecular weight excluding hydrogens is 402 g/mol. The molecule has 9 heteroatoms. The SMILES string of the molecule is Cc1ncc2c(c1CNC(=O)c1ccc(=O)[nH]n1)CCN(C(=O)Cc1cccs1)C2. The van der Waals surface area contributed by atoms with Gasteiger partial charge >= 0.3 is 0 Å². The molecule has 0 atom stereocenters. The molecule has 30 heavy (non-hydrogen) atoms. The average Bonchev–Trinajstić information content (AvgIpc) is 3.26. The first-order chi connectivity index (χ1) is 14.5. The second-order valence-corrected chi connectivity index (χ2v) is 8.17. The maximum Gasteiger partial charge on any atom is 0.271 e. The van der Waals surface area contributed by atoms with Crippen molar-refractivity contribution in [2.75, 3.05) is 6.54 Å². The van der Waals surface area contributed by atoms with E-state index >= 15 is 0 Å². The summed E-state index contributed by atoms with van der Waals surface area (Å²) >= 11 is 1.59. The van der Waals surface area contributed by atoms with E-state index in [0.29, 0.717) is 26.1 Å². The Balaban J connectivity index is 1.46. The average molecular weight is 423 g/mol. The highest BCUT2D eigenvalue weighted by atomic mass is 32.1. The number of fused-ring (bicyclic) bond motifs is 1. The summed E-state index contributed by atoms with van der Waals surface area (Å²) in [7, 11) is 0. The third-order valence-corrected chi connectivity index (χ3v) is 6.07. The number of hydrogen-bond donors (Lipinski definition) is 2. The first-order valence-electron chi connectivity index (χ1n) is 9.61. The number of carbonyl (C=O) groups is 2. The molecule has 8 nitrogen and oxygen atoms in total. The number of aromatic amines is 1. The van der Waals surface area contributed by atoms with Crippen LogP contribution in [0.4, 0.5) is 0 Å². The zero-order valence-electron chi connectivity index (χ0n) is 16.5. The highest BCUT2D eigenvalue weighted by Gasteiger charge is 2.24. The number of aryl methyl sites for hydroxylation is 1. The molecule has 2 N–H and O–H groups in total. The van der Waals surface area contributed by atoms with Gasteiger partial charge in [0.25, 0.3) is 11.5 Å². The molecule has 4 heterocycles. The first kappa shape index (κ1) is 20.0. The van der Waals surface area contributed by atoms with Crippen LogP contribution in [0.1, 0.15) is 37.7 Å². The molecule has 0 aromatic carbocycles. The van der Waals surface area contributed by atoms with Crippen molar-refractivity contribution < 1.29 is 9.59 Å². The zero-order valence-corrected chi connectivity index (χ0v) is 17.3. The lowest BCUT2D eigenvalue weighted by Crippen LogP contribution is -2.38. The van der Waals surface area contributed by atoms with Gasteiger partial charge in [0.15, 0.2) is 0 Å². The number of pyridine rings is 1. The van der Waals surface area contributed by atoms with E-state index in [1.807, 2.05) is 35.5 Å². The van der Waals surface area contributed by atoms with Gasteiger partial charge in [-0.15, -0.1) is 11.3 Å². The summed E-state index contributed by atoms with van der Waals surface area (Å²) in [5.74, 6) is -0.255. The zero-order chi connectivity index (χ0) is 21.1. The standard InChI is InChI=1S/C21H21N5O3S/c1-13-17(11-23-21(29)18-4-5-19(27)25-24-18)16-6-7-26(12-14(16)10-22-13)20(28)9-15-3-2-8-30-15/h2-5,8,10H,6-7,9,11-12H2,1H3,(H,23,29)(H,25,27). The van der Waals surface area contributed by atoms with E-state index in [4.69, 9.17) is 0 Å². The fourth-order valence-corrected chi connectivity index (χ4v) is 4.27. The number of H-pyrrole nitrogens is 1. The molecular formula is C21H21N5O3S. The number of rotatable bonds is 5. The highest BCUT2D eigenvalue weighted by Crippen LogP contribution is 2.25. The fourth-order valence-electron chi connectivity index (χ4n) is 3.57. The van der Waals surface area contributed by atoms with E-state index in [-0.39, 0.29) is 23.1 Å². The summed E-state index contributed by atoms with van der Waals surface area (Å²) in [5.41, 5.74) is 3.75. The Hall–Kier alpha value is -3.33. The van der Waals surface area contributed by atoms with Crippen LogP contribution in [0.15, 0.2) is 40.6 Å². The van der Waals surface area contributed by atoms with Crippen LogP contribution in [0.2, 0.25) is 0 Å². The second kappa shape index (κ2) is 8.58. The highest BCUT2D eigenvalue weighted by molar-refractivity contribution is 7.10. The molecule has 3 aromatic heterocycles. The van der Waals surface area contributed by atoms with Crippen LogP contribution < -0.4 is 10.9 Å². The van der Waals surface area contributed by atoms with Gasteiger partial charge in [-0.25, -0.2) is 5.10 Å². The monoisotopic (exact) mass is 423 g/mol. The molecule has 4 rings (SSSR count). The van der Waals surface area contributed by atoms with E-state index in [1.54, 1.807) is 11.3 Å². The number of nitrogens with zero attached hydrogens (tertiary/aromatic N) is 3. The summed E-state index contributed by atoms with van der Waals surface area (Å²) in [4.78, 5) is 43.5. The quantitative estimate of drug-likeness (QED) is 0.648. The summed E-state index contributed by atoms with van der Waals surface area (Å²) in [6.45, 7) is 3.39. The van der Waals surface area contributed by atoms with Crippen molar-refractivity contribution in [3.05, 3.63) is 79.2 Å². The Morgan fingerprint density at radius 3 is 2.90 bits per heavy atom. The van der Waals surface area contributed by atoms with Crippen LogP contribution in [0.3, 0.4) is 0 Å². The Labute approximate surface area is 177 Å². The van der Waals surface area contributed by atoms with Crippen LogP contribution >= 0.6 is 11.3 Å². The number of hydrogen-bond acceptors (Lipinski definition) is 6. The van der Waals surface area contributed by atoms with Gasteiger partial charge < -0.3 is 10.2 Å². The summed E-state index contributed by atoms with van der Waals surface area (Å²) in [6.07, 6.45) is 2.96. The van der Waals surface area contributed by atoms with Crippen LogP contribution in [-0.2, 0) is 30.7 Å². The third-order valence-electron chi connectivity index (χ3n) is 5.19. The molecule has 154 valence electrons. The van der Waals surface area contributed by atoms with Gasteiger partial charge in [-0.05, 0) is 47.5 Å². The van der Waals surface area contributed by atoms with Crippen LogP contribution in [0, 0.1) is 6.92 Å². The van der Waals surface area contributed by atoms with E-state index in [1.165, 1.54) is 12.1 Å². The molecule has 1 aliphatic heterocycles. The largest absolute Gasteiger partial charge is 0.346 e. The molecule has 0 radical (unpaired) electrons. The van der Waals surface area contributed by atoms with Crippen LogP contribution in [0.25, 0.3) is 0 Å². The molecule has 2 amide bonds. The van der Waals surface area contributed by atoms with E-state index < -0.39 is 0 Å². The fraction of sp³-hybridized carbons (Fsp3) is 0.286. The lowest BCUT2D eigenvalue weighted by atomic mass is 9.94. The molecule has 0 aliphatic carbocycles. The lowest BCUT2D eigenvalue weighted by molar-refractivity contribution is -0.131. The predicted octanol–water partition coefficient (Wildman–Crippen LogP) is 1.59. The van der Waals surface area contributed by atoms with Gasteiger partial charge in [0, 0.05) is 42.5 Å². The first-order valence-corrected chi connectivity index (χ1v) is 10.5. The maximum absolute atomic E-state index is 12.6. The minimum Gasteiger partial charge on any atom is -0.346 e. The topological polar surface area (TPSA) is 108 Å². The number of nitrogens with one attached hydrogen (secondary N) is 2. The van der Waals surface area contributed by atoms with E-state index in [2.05, 4.69) is 20.5 Å². The minimum absolute atomic E-state index is 0.114. The van der Waals surface area contributed by atoms with Gasteiger partial charge in [-0.1, -0.05) is 6.07 Å². The van der Waals surface area contributed by atoms with Crippen molar-refractivity contribution in [3.63, 3.8) is 0 Å². The molecule has 0 fully saturated rings. The predicted molar refractivity (Wildman–Crippen MR) is 112 cm³/mol. The van der Waals surface area contributed by atoms with Crippen molar-refractivity contribution in [1.29, 1.82) is 0 Å². The molecule has 1 aliphatic rings. The Morgan fingerprint density at radius 2 is 2.17 bits per heavy atom. The Morgan fingerprint density at radius 1 is 1.30 bits per heavy atom. The Bertz CT molecular complexity index is 1120. The van der Waals surface area contributed by atoms with Crippen molar-refractivity contribution in [3.8, 4) is 0 Å². The maximum atomic E-state index is 12.6. The lowest BCUT2D eigenvalue weighted by Gasteiger charge is -2.30. The van der Waals surface area contributed by atoms with Gasteiger partial charge in [0.1, 0.15) is 5.69 Å². The van der Waals surface area contributed by atoms with Gasteiger partial charge in [0.05, 0.1) is 6.42 Å². The third kappa shape index (κ3) is 4.30. The molecule has 0 spiro atoms. The van der Waals surface area contributed by atoms with Crippen molar-refractivity contribution in [2.24, 2.45) is 0 Å². The van der Waals surface area contributed by atoms with E-state index in [9.17, 15) is 14.4 Å². The van der Waals surface area contributed by atoms with Gasteiger partial charge in [0.2, 0.25) is 5.91 Å². The summed E-state index contributed by atoms with van der Waals surface area (Å²) in [6, 6.07) is 6.58. The number of amides is 2. The molecule has 3 aromatic rings. The molecule has 0 unspecified atom stereocenters. The van der Waals surface area contributed by atoms with Crippen molar-refractivity contribution in [2.45, 2.75) is 32.9 Å². The molecule has 0 saturated carbocycles. The Kier molecular flexibility index (Phi) is 5.71. The second-order valence-electron chi connectivity index (χ2n) is 7.14. The minimum atomic E-state index is -0.369. The molecule has 0 saturated heterocycles. The number of carbonyl (C=O) groups excluding carboxylic acids is 2. The number of aromatic nitrogens is 3. The van der Waals surface area contributed by atoms with E-state index in [0.717, 1.165) is 33.7 Å². The smallest absolute Gasteiger partial charge is 0.271 e. The van der Waals surface area contributed by atoms with Gasteiger partial charge in [-0.3, -0.25) is 19.4 Å². The summed E-state index contributed by atoms with van der Waals surface area (Å²) in [5, 5.41) is 10.8. The van der Waals surface area contributed by atoms with Crippen LogP contribution in [0.5, 0.6) is 0 Å². The van der Waals surface area contributed by atoms with Crippen LogP contribution in [-0.4, -0.2) is 38.4 Å². The van der Waals surface area contributed by atoms with Gasteiger partial charge in [-0.2, -0.15) is 5.10 Å². The molecule has 0 bridgehead atoms. The normalized spacial score (nSPS) is 13.0. The summed E-state index contributed by atoms with van der Waals surface area (Å²) < 4.78 is 0.